The molecule has 0 fully saturated rings. The second-order valence-electron chi connectivity index (χ2n) is 12.2. The second kappa shape index (κ2) is 24.2. The van der Waals surface area contributed by atoms with Crippen molar-refractivity contribution in [1.82, 2.24) is 4.57 Å². The van der Waals surface area contributed by atoms with Gasteiger partial charge in [-0.1, -0.05) is 173 Å². The van der Waals surface area contributed by atoms with Crippen LogP contribution in [0.3, 0.4) is 0 Å². The van der Waals surface area contributed by atoms with Crippen LogP contribution < -0.4 is 4.57 Å². The molecule has 0 atom stereocenters. The molecule has 1 heterocycles. The molecule has 1 aromatic heterocycles. The Morgan fingerprint density at radius 1 is 0.513 bits per heavy atom. The second-order valence-corrected chi connectivity index (χ2v) is 12.2. The lowest BCUT2D eigenvalue weighted by Crippen LogP contribution is -2.37. The largest absolute Gasteiger partial charge is 0.256 e. The highest BCUT2D eigenvalue weighted by Crippen LogP contribution is 2.15. The first-order valence-corrected chi connectivity index (χ1v) is 17.5. The van der Waals surface area contributed by atoms with Gasteiger partial charge in [-0.15, -0.1) is 0 Å². The molecule has 0 unspecified atom stereocenters. The summed E-state index contributed by atoms with van der Waals surface area (Å²) in [6, 6.07) is 11.0. The molecule has 2 heteroatoms. The Balaban J connectivity index is 1.58. The van der Waals surface area contributed by atoms with E-state index in [0.29, 0.717) is 0 Å². The number of imidazole rings is 1. The van der Waals surface area contributed by atoms with E-state index in [1.807, 2.05) is 0 Å². The predicted octanol–water partition coefficient (Wildman–Crippen LogP) is 11.4. The summed E-state index contributed by atoms with van der Waals surface area (Å²) in [6.07, 6.45) is 38.5. The lowest BCUT2D eigenvalue weighted by Gasteiger charge is -2.07. The average molecular weight is 538 g/mol. The molecular formula is C37H65N2+. The third-order valence-corrected chi connectivity index (χ3v) is 8.54. The molecule has 0 N–H and O–H groups in total. The molecule has 0 aliphatic heterocycles. The maximum Gasteiger partial charge on any atom is 0.256 e. The van der Waals surface area contributed by atoms with Crippen molar-refractivity contribution < 1.29 is 4.57 Å². The first-order chi connectivity index (χ1) is 19.3. The summed E-state index contributed by atoms with van der Waals surface area (Å²) in [4.78, 5) is 0. The van der Waals surface area contributed by atoms with Crippen molar-refractivity contribution in [3.05, 3.63) is 54.1 Å². The summed E-state index contributed by atoms with van der Waals surface area (Å²) in [5.74, 6) is 1.54. The van der Waals surface area contributed by atoms with Crippen LogP contribution in [0, 0.1) is 0 Å². The zero-order valence-electron chi connectivity index (χ0n) is 26.3. The van der Waals surface area contributed by atoms with Crippen LogP contribution in [0.1, 0.15) is 173 Å². The predicted molar refractivity (Wildman–Crippen MR) is 171 cm³/mol. The van der Waals surface area contributed by atoms with Gasteiger partial charge in [-0.3, -0.25) is 0 Å². The molecule has 0 saturated carbocycles. The van der Waals surface area contributed by atoms with Crippen molar-refractivity contribution in [1.29, 1.82) is 0 Å². The molecule has 222 valence electrons. The maximum atomic E-state index is 2.57. The number of aromatic nitrogens is 2. The standard InChI is InChI=1S/C37H65N2/c1-3-5-7-9-11-12-13-14-15-16-17-18-19-21-23-28-32-38-33-34-39(35-36-29-25-24-26-30-36)37(38)31-27-22-20-10-8-6-4-2/h24-26,29-30,33-34H,3-23,27-28,31-32,35H2,1-2H3/q+1. The molecule has 0 spiro atoms. The SMILES string of the molecule is CCCCCCCCCCCCCCCCCCn1cc[n+](Cc2ccccc2)c1CCCCCCCCC. The molecule has 2 nitrogen and oxygen atoms in total. The summed E-state index contributed by atoms with van der Waals surface area (Å²) in [6.45, 7) is 6.79. The summed E-state index contributed by atoms with van der Waals surface area (Å²) >= 11 is 0. The normalized spacial score (nSPS) is 11.4. The van der Waals surface area contributed by atoms with E-state index in [0.717, 1.165) is 6.54 Å². The van der Waals surface area contributed by atoms with E-state index < -0.39 is 0 Å². The van der Waals surface area contributed by atoms with Crippen LogP contribution in [0.15, 0.2) is 42.7 Å². The average Bonchev–Trinajstić information content (AvgIpc) is 3.33. The quantitative estimate of drug-likeness (QED) is 0.0791. The molecule has 0 aliphatic carbocycles. The van der Waals surface area contributed by atoms with Gasteiger partial charge in [-0.2, -0.15) is 0 Å². The summed E-state index contributed by atoms with van der Waals surface area (Å²) < 4.78 is 5.09. The minimum Gasteiger partial charge on any atom is -0.234 e. The van der Waals surface area contributed by atoms with Crippen molar-refractivity contribution in [2.24, 2.45) is 0 Å². The molecule has 0 saturated heterocycles. The molecule has 0 aliphatic rings. The van der Waals surface area contributed by atoms with Gasteiger partial charge in [0.05, 0.1) is 6.54 Å². The van der Waals surface area contributed by atoms with Gasteiger partial charge in [0.1, 0.15) is 18.9 Å². The van der Waals surface area contributed by atoms with Crippen LogP contribution >= 0.6 is 0 Å². The van der Waals surface area contributed by atoms with Gasteiger partial charge in [-0.05, 0) is 24.8 Å². The van der Waals surface area contributed by atoms with Crippen molar-refractivity contribution in [3.8, 4) is 0 Å². The molecule has 0 bridgehead atoms. The third kappa shape index (κ3) is 17.0. The first kappa shape index (κ1) is 33.6. The zero-order chi connectivity index (χ0) is 27.6. The Morgan fingerprint density at radius 2 is 0.949 bits per heavy atom. The lowest BCUT2D eigenvalue weighted by atomic mass is 10.0. The molecule has 39 heavy (non-hydrogen) atoms. The third-order valence-electron chi connectivity index (χ3n) is 8.54. The fraction of sp³-hybridized carbons (Fsp3) is 0.757. The minimum absolute atomic E-state index is 0.999. The molecule has 0 radical (unpaired) electrons. The summed E-state index contributed by atoms with van der Waals surface area (Å²) in [7, 11) is 0. The number of unbranched alkanes of at least 4 members (excludes halogenated alkanes) is 21. The van der Waals surface area contributed by atoms with E-state index in [-0.39, 0.29) is 0 Å². The van der Waals surface area contributed by atoms with E-state index in [9.17, 15) is 0 Å². The first-order valence-electron chi connectivity index (χ1n) is 17.5. The van der Waals surface area contributed by atoms with E-state index in [2.05, 4.69) is 65.7 Å². The monoisotopic (exact) mass is 538 g/mol. The highest BCUT2D eigenvalue weighted by molar-refractivity contribution is 5.13. The van der Waals surface area contributed by atoms with Gasteiger partial charge in [-0.25, -0.2) is 9.13 Å². The van der Waals surface area contributed by atoms with E-state index in [1.54, 1.807) is 0 Å². The Labute approximate surface area is 244 Å². The van der Waals surface area contributed by atoms with Gasteiger partial charge >= 0.3 is 0 Å². The smallest absolute Gasteiger partial charge is 0.234 e. The number of hydrogen-bond donors (Lipinski definition) is 0. The van der Waals surface area contributed by atoms with Gasteiger partial charge in [0, 0.05) is 6.42 Å². The lowest BCUT2D eigenvalue weighted by molar-refractivity contribution is -0.695. The zero-order valence-corrected chi connectivity index (χ0v) is 26.3. The van der Waals surface area contributed by atoms with Crippen LogP contribution in [0.25, 0.3) is 0 Å². The van der Waals surface area contributed by atoms with Gasteiger partial charge in [0.2, 0.25) is 0 Å². The fourth-order valence-electron chi connectivity index (χ4n) is 5.98. The number of aryl methyl sites for hydroxylation is 1. The van der Waals surface area contributed by atoms with Crippen LogP contribution in [-0.4, -0.2) is 4.57 Å². The van der Waals surface area contributed by atoms with Crippen LogP contribution in [0.4, 0.5) is 0 Å². The Kier molecular flexibility index (Phi) is 20.9. The topological polar surface area (TPSA) is 8.81 Å². The molecule has 2 rings (SSSR count). The van der Waals surface area contributed by atoms with Gasteiger partial charge in [0.25, 0.3) is 5.82 Å². The number of hydrogen-bond acceptors (Lipinski definition) is 0. The van der Waals surface area contributed by atoms with Gasteiger partial charge < -0.3 is 0 Å². The van der Waals surface area contributed by atoms with E-state index in [4.69, 9.17) is 0 Å². The minimum atomic E-state index is 0.999. The highest BCUT2D eigenvalue weighted by Gasteiger charge is 2.17. The number of nitrogens with zero attached hydrogens (tertiary/aromatic N) is 2. The summed E-state index contributed by atoms with van der Waals surface area (Å²) in [5.41, 5.74) is 1.41. The van der Waals surface area contributed by atoms with Crippen LogP contribution in [0.2, 0.25) is 0 Å². The molecular weight excluding hydrogens is 472 g/mol. The number of benzene rings is 1. The molecule has 0 amide bonds. The van der Waals surface area contributed by atoms with Crippen LogP contribution in [-0.2, 0) is 19.5 Å². The van der Waals surface area contributed by atoms with Crippen molar-refractivity contribution in [2.75, 3.05) is 0 Å². The van der Waals surface area contributed by atoms with E-state index >= 15 is 0 Å². The van der Waals surface area contributed by atoms with E-state index in [1.165, 1.54) is 172 Å². The number of rotatable bonds is 27. The van der Waals surface area contributed by atoms with Crippen molar-refractivity contribution >= 4 is 0 Å². The van der Waals surface area contributed by atoms with Crippen LogP contribution in [0.5, 0.6) is 0 Å². The van der Waals surface area contributed by atoms with Crippen molar-refractivity contribution in [2.45, 2.75) is 181 Å². The molecule has 2 aromatic rings. The van der Waals surface area contributed by atoms with Gasteiger partial charge in [0.15, 0.2) is 0 Å². The highest BCUT2D eigenvalue weighted by atomic mass is 15.1. The summed E-state index contributed by atoms with van der Waals surface area (Å²) in [5, 5.41) is 0. The molecule has 1 aromatic carbocycles. The Morgan fingerprint density at radius 3 is 1.44 bits per heavy atom. The van der Waals surface area contributed by atoms with Crippen molar-refractivity contribution in [3.63, 3.8) is 0 Å². The Hall–Kier alpha value is -1.57. The fourth-order valence-corrected chi connectivity index (χ4v) is 5.98. The maximum absolute atomic E-state index is 2.57. The Bertz CT molecular complexity index is 778.